The minimum atomic E-state index is -0.469. The zero-order chi connectivity index (χ0) is 21.3. The molecule has 4 aromatic rings. The molecule has 0 atom stereocenters. The third kappa shape index (κ3) is 3.62. The van der Waals surface area contributed by atoms with E-state index in [0.29, 0.717) is 22.2 Å². The molecule has 0 radical (unpaired) electrons. The monoisotopic (exact) mass is 402 g/mol. The number of hydrogen-bond donors (Lipinski definition) is 1. The lowest BCUT2D eigenvalue weighted by Gasteiger charge is -2.03. The van der Waals surface area contributed by atoms with Gasteiger partial charge >= 0.3 is 0 Å². The highest BCUT2D eigenvalue weighted by atomic mass is 16.5. The van der Waals surface area contributed by atoms with Crippen molar-refractivity contribution in [2.75, 3.05) is 7.11 Å². The van der Waals surface area contributed by atoms with Crippen molar-refractivity contribution in [3.63, 3.8) is 0 Å². The van der Waals surface area contributed by atoms with Gasteiger partial charge < -0.3 is 9.72 Å². The maximum absolute atomic E-state index is 13.0. The van der Waals surface area contributed by atoms with Crippen LogP contribution in [0.25, 0.3) is 28.0 Å². The number of carbonyl (C=O) groups excluding carboxylic acids is 1. The molecule has 1 N–H and O–H groups in total. The van der Waals surface area contributed by atoms with Gasteiger partial charge in [-0.3, -0.25) is 14.4 Å². The van der Waals surface area contributed by atoms with E-state index in [-0.39, 0.29) is 28.8 Å². The molecule has 2 heterocycles. The molecule has 4 rings (SSSR count). The van der Waals surface area contributed by atoms with Gasteiger partial charge in [0.05, 0.1) is 19.2 Å². The number of nitrogens with zero attached hydrogens (tertiary/aromatic N) is 3. The van der Waals surface area contributed by atoms with E-state index < -0.39 is 5.56 Å². The number of rotatable bonds is 5. The summed E-state index contributed by atoms with van der Waals surface area (Å²) in [6, 6.07) is 12.3. The molecule has 2 aromatic carbocycles. The third-order valence-electron chi connectivity index (χ3n) is 4.70. The van der Waals surface area contributed by atoms with E-state index in [1.165, 1.54) is 17.7 Å². The number of nitrogens with one attached hydrogen (secondary N) is 1. The zero-order valence-corrected chi connectivity index (χ0v) is 16.4. The van der Waals surface area contributed by atoms with Gasteiger partial charge in [0, 0.05) is 5.39 Å². The van der Waals surface area contributed by atoms with Gasteiger partial charge in [-0.05, 0) is 48.4 Å². The largest absolute Gasteiger partial charge is 0.497 e. The summed E-state index contributed by atoms with van der Waals surface area (Å²) in [7, 11) is 1.58. The van der Waals surface area contributed by atoms with E-state index in [1.54, 1.807) is 31.4 Å². The molecule has 0 spiro atoms. The maximum atomic E-state index is 13.0. The second-order valence-electron chi connectivity index (χ2n) is 6.82. The molecule has 0 saturated heterocycles. The Balaban J connectivity index is 1.87. The molecule has 0 aliphatic rings. The summed E-state index contributed by atoms with van der Waals surface area (Å²) in [6.07, 6.45) is 3.05. The summed E-state index contributed by atoms with van der Waals surface area (Å²) in [5, 5.41) is 8.32. The molecule has 0 fully saturated rings. The van der Waals surface area contributed by atoms with Gasteiger partial charge in [-0.2, -0.15) is 0 Å². The number of ketones is 1. The number of benzene rings is 2. The van der Waals surface area contributed by atoms with Gasteiger partial charge in [0.15, 0.2) is 16.8 Å². The highest BCUT2D eigenvalue weighted by Gasteiger charge is 2.14. The first-order valence-corrected chi connectivity index (χ1v) is 9.21. The van der Waals surface area contributed by atoms with Crippen LogP contribution in [0.5, 0.6) is 5.75 Å². The number of aromatic amines is 1. The van der Waals surface area contributed by atoms with Crippen LogP contribution in [0.1, 0.15) is 18.1 Å². The molecule has 0 aliphatic heterocycles. The van der Waals surface area contributed by atoms with E-state index >= 15 is 0 Å². The summed E-state index contributed by atoms with van der Waals surface area (Å²) < 4.78 is 6.56. The molecular weight excluding hydrogens is 384 g/mol. The number of hydrogen-bond acceptors (Lipinski definition) is 6. The topological polar surface area (TPSA) is 107 Å². The Morgan fingerprint density at radius 3 is 2.63 bits per heavy atom. The number of H-pyrrole nitrogens is 1. The average molecular weight is 402 g/mol. The van der Waals surface area contributed by atoms with Gasteiger partial charge in [0.2, 0.25) is 5.43 Å². The van der Waals surface area contributed by atoms with Crippen molar-refractivity contribution < 1.29 is 9.53 Å². The minimum Gasteiger partial charge on any atom is -0.497 e. The van der Waals surface area contributed by atoms with Gasteiger partial charge in [0.1, 0.15) is 5.75 Å². The van der Waals surface area contributed by atoms with E-state index in [1.807, 2.05) is 24.3 Å². The van der Waals surface area contributed by atoms with Crippen molar-refractivity contribution >= 4 is 33.8 Å². The predicted molar refractivity (Wildman–Crippen MR) is 114 cm³/mol. The Kier molecular flexibility index (Phi) is 4.97. The van der Waals surface area contributed by atoms with E-state index in [9.17, 15) is 14.4 Å². The maximum Gasteiger partial charge on any atom is 0.276 e. The third-order valence-corrected chi connectivity index (χ3v) is 4.70. The molecule has 8 nitrogen and oxygen atoms in total. The van der Waals surface area contributed by atoms with Crippen LogP contribution >= 0.6 is 0 Å². The van der Waals surface area contributed by atoms with Gasteiger partial charge in [0.25, 0.3) is 5.56 Å². The summed E-state index contributed by atoms with van der Waals surface area (Å²) in [5.74, 6) is 0.620. The second kappa shape index (κ2) is 7.75. The van der Waals surface area contributed by atoms with Crippen LogP contribution in [0.2, 0.25) is 0 Å². The molecule has 8 heteroatoms. The predicted octanol–water partition coefficient (Wildman–Crippen LogP) is 2.29. The van der Waals surface area contributed by atoms with Gasteiger partial charge in [-0.1, -0.05) is 29.5 Å². The SMILES string of the molecule is COc1ccc(Cn2nnc3c(=O)c4ccc(/C=C/C(C)=O)cc4[nH]c(=O)c32)cc1. The first-order valence-electron chi connectivity index (χ1n) is 9.21. The average Bonchev–Trinajstić information content (AvgIpc) is 3.12. The first-order chi connectivity index (χ1) is 14.5. The Bertz CT molecular complexity index is 1420. The molecule has 2 aromatic heterocycles. The van der Waals surface area contributed by atoms with E-state index in [2.05, 4.69) is 15.3 Å². The van der Waals surface area contributed by atoms with Crippen molar-refractivity contribution in [1.82, 2.24) is 20.0 Å². The van der Waals surface area contributed by atoms with Crippen molar-refractivity contribution in [3.05, 3.63) is 80.2 Å². The fraction of sp³-hybridized carbons (Fsp3) is 0.136. The lowest BCUT2D eigenvalue weighted by molar-refractivity contribution is -0.112. The van der Waals surface area contributed by atoms with Crippen LogP contribution in [0.4, 0.5) is 0 Å². The number of ether oxygens (including phenoxy) is 1. The van der Waals surface area contributed by atoms with Crippen LogP contribution in [0, 0.1) is 0 Å². The Morgan fingerprint density at radius 1 is 1.17 bits per heavy atom. The van der Waals surface area contributed by atoms with Crippen molar-refractivity contribution in [1.29, 1.82) is 0 Å². The van der Waals surface area contributed by atoms with Gasteiger partial charge in [-0.25, -0.2) is 4.68 Å². The number of methoxy groups -OCH3 is 1. The first kappa shape index (κ1) is 19.3. The zero-order valence-electron chi connectivity index (χ0n) is 16.4. The van der Waals surface area contributed by atoms with Crippen molar-refractivity contribution in [2.45, 2.75) is 13.5 Å². The summed E-state index contributed by atoms with van der Waals surface area (Å²) in [4.78, 5) is 39.8. The summed E-state index contributed by atoms with van der Waals surface area (Å²) in [6.45, 7) is 1.72. The summed E-state index contributed by atoms with van der Waals surface area (Å²) in [5.41, 5.74) is 1.19. The molecule has 0 unspecified atom stereocenters. The molecular formula is C22H18N4O4. The highest BCUT2D eigenvalue weighted by Crippen LogP contribution is 2.15. The van der Waals surface area contributed by atoms with Crippen LogP contribution in [-0.2, 0) is 11.3 Å². The molecule has 0 saturated carbocycles. The van der Waals surface area contributed by atoms with Crippen molar-refractivity contribution in [3.8, 4) is 5.75 Å². The number of aromatic nitrogens is 4. The Hall–Kier alpha value is -4.07. The molecule has 30 heavy (non-hydrogen) atoms. The van der Waals surface area contributed by atoms with E-state index in [4.69, 9.17) is 4.74 Å². The normalized spacial score (nSPS) is 11.4. The second-order valence-corrected chi connectivity index (χ2v) is 6.82. The van der Waals surface area contributed by atoms with E-state index in [0.717, 1.165) is 5.56 Å². The lowest BCUT2D eigenvalue weighted by Crippen LogP contribution is -2.11. The molecule has 0 amide bonds. The van der Waals surface area contributed by atoms with Crippen LogP contribution in [-0.4, -0.2) is 32.9 Å². The fourth-order valence-corrected chi connectivity index (χ4v) is 3.19. The smallest absolute Gasteiger partial charge is 0.276 e. The van der Waals surface area contributed by atoms with Crippen LogP contribution in [0.15, 0.2) is 58.1 Å². The van der Waals surface area contributed by atoms with Crippen LogP contribution < -0.4 is 15.7 Å². The minimum absolute atomic E-state index is 0.00629. The Labute approximate surface area is 170 Å². The van der Waals surface area contributed by atoms with Crippen LogP contribution in [0.3, 0.4) is 0 Å². The number of allylic oxidation sites excluding steroid dienone is 1. The summed E-state index contributed by atoms with van der Waals surface area (Å²) >= 11 is 0. The lowest BCUT2D eigenvalue weighted by atomic mass is 10.1. The highest BCUT2D eigenvalue weighted by molar-refractivity contribution is 5.93. The van der Waals surface area contributed by atoms with Gasteiger partial charge in [-0.15, -0.1) is 5.10 Å². The number of carbonyl (C=O) groups is 1. The number of fused-ring (bicyclic) bond motifs is 2. The fourth-order valence-electron chi connectivity index (χ4n) is 3.19. The standard InChI is InChI=1S/C22H18N4O4/c1-13(27)3-4-14-7-10-17-18(11-14)23-22(29)20-19(21(17)28)24-25-26(20)12-15-5-8-16(30-2)9-6-15/h3-11H,12H2,1-2H3,(H,23,29)/b4-3+. The molecule has 0 bridgehead atoms. The quantitative estimate of drug-likeness (QED) is 0.513. The van der Waals surface area contributed by atoms with Crippen molar-refractivity contribution in [2.24, 2.45) is 0 Å². The Morgan fingerprint density at radius 2 is 1.93 bits per heavy atom. The molecule has 150 valence electrons. The molecule has 0 aliphatic carbocycles.